The lowest BCUT2D eigenvalue weighted by atomic mass is 10.2. The van der Waals surface area contributed by atoms with E-state index in [-0.39, 0.29) is 5.91 Å². The van der Waals surface area contributed by atoms with E-state index in [1.165, 1.54) is 0 Å². The molecular weight excluding hydrogens is 252 g/mol. The number of oxazole rings is 1. The van der Waals surface area contributed by atoms with Crippen LogP contribution < -0.4 is 5.32 Å². The van der Waals surface area contributed by atoms with Gasteiger partial charge in [-0.25, -0.2) is 4.98 Å². The van der Waals surface area contributed by atoms with Gasteiger partial charge in [0.25, 0.3) is 5.91 Å². The van der Waals surface area contributed by atoms with Crippen molar-refractivity contribution in [1.29, 1.82) is 0 Å². The zero-order valence-corrected chi connectivity index (χ0v) is 10.9. The zero-order valence-electron chi connectivity index (χ0n) is 10.2. The number of carbonyl (C=O) groups is 1. The molecule has 0 aliphatic rings. The quantitative estimate of drug-likeness (QED) is 0.927. The molecule has 1 aromatic heterocycles. The first-order valence-corrected chi connectivity index (χ1v) is 5.91. The van der Waals surface area contributed by atoms with Gasteiger partial charge in [0.15, 0.2) is 5.89 Å². The van der Waals surface area contributed by atoms with Crippen LogP contribution in [0, 0.1) is 13.8 Å². The van der Waals surface area contributed by atoms with Crippen LogP contribution in [-0.4, -0.2) is 10.9 Å². The van der Waals surface area contributed by atoms with Gasteiger partial charge in [0.05, 0.1) is 22.8 Å². The minimum absolute atomic E-state index is 0.228. The van der Waals surface area contributed by atoms with Crippen LogP contribution in [0.2, 0.25) is 5.02 Å². The number of aromatic nitrogens is 1. The molecule has 5 heteroatoms. The van der Waals surface area contributed by atoms with Crippen molar-refractivity contribution < 1.29 is 9.21 Å². The summed E-state index contributed by atoms with van der Waals surface area (Å²) in [4.78, 5) is 16.0. The van der Waals surface area contributed by atoms with Crippen molar-refractivity contribution in [2.75, 3.05) is 0 Å². The van der Waals surface area contributed by atoms with Crippen LogP contribution in [0.25, 0.3) is 0 Å². The molecule has 0 radical (unpaired) electrons. The molecule has 0 bridgehead atoms. The predicted molar refractivity (Wildman–Crippen MR) is 68.6 cm³/mol. The van der Waals surface area contributed by atoms with Crippen LogP contribution in [0.1, 0.15) is 27.7 Å². The van der Waals surface area contributed by atoms with E-state index < -0.39 is 0 Å². The topological polar surface area (TPSA) is 55.1 Å². The second-order valence-electron chi connectivity index (χ2n) is 3.90. The van der Waals surface area contributed by atoms with E-state index >= 15 is 0 Å². The first kappa shape index (κ1) is 12.6. The number of benzene rings is 1. The Morgan fingerprint density at radius 1 is 1.39 bits per heavy atom. The Hall–Kier alpha value is -1.81. The number of rotatable bonds is 3. The average Bonchev–Trinajstić information content (AvgIpc) is 2.65. The van der Waals surface area contributed by atoms with Gasteiger partial charge in [-0.2, -0.15) is 0 Å². The van der Waals surface area contributed by atoms with Gasteiger partial charge in [-0.3, -0.25) is 4.79 Å². The maximum Gasteiger partial charge on any atom is 0.253 e. The summed E-state index contributed by atoms with van der Waals surface area (Å²) in [5.41, 5.74) is 1.24. The SMILES string of the molecule is Cc1nc(C)c(CNC(=O)c2ccccc2Cl)o1. The minimum atomic E-state index is -0.228. The lowest BCUT2D eigenvalue weighted by Crippen LogP contribution is -2.23. The monoisotopic (exact) mass is 264 g/mol. The van der Waals surface area contributed by atoms with E-state index in [0.717, 1.165) is 5.69 Å². The van der Waals surface area contributed by atoms with Crippen molar-refractivity contribution >= 4 is 17.5 Å². The Labute approximate surface area is 110 Å². The molecule has 1 heterocycles. The predicted octanol–water partition coefficient (Wildman–Crippen LogP) is 2.87. The third kappa shape index (κ3) is 2.71. The third-order valence-electron chi connectivity index (χ3n) is 2.53. The summed E-state index contributed by atoms with van der Waals surface area (Å²) < 4.78 is 5.37. The molecule has 0 unspecified atom stereocenters. The van der Waals surface area contributed by atoms with Crippen LogP contribution in [0.15, 0.2) is 28.7 Å². The van der Waals surface area contributed by atoms with E-state index in [1.54, 1.807) is 31.2 Å². The summed E-state index contributed by atoms with van der Waals surface area (Å²) in [5, 5.41) is 3.18. The first-order chi connectivity index (χ1) is 8.58. The molecular formula is C13H13ClN2O2. The highest BCUT2D eigenvalue weighted by Gasteiger charge is 2.12. The van der Waals surface area contributed by atoms with Gasteiger partial charge >= 0.3 is 0 Å². The number of hydrogen-bond donors (Lipinski definition) is 1. The second kappa shape index (κ2) is 5.23. The first-order valence-electron chi connectivity index (χ1n) is 5.53. The van der Waals surface area contributed by atoms with E-state index in [1.807, 2.05) is 6.92 Å². The van der Waals surface area contributed by atoms with Crippen LogP contribution in [0.5, 0.6) is 0 Å². The number of halogens is 1. The van der Waals surface area contributed by atoms with E-state index in [2.05, 4.69) is 10.3 Å². The van der Waals surface area contributed by atoms with E-state index in [9.17, 15) is 4.79 Å². The highest BCUT2D eigenvalue weighted by Crippen LogP contribution is 2.15. The summed E-state index contributed by atoms with van der Waals surface area (Å²) in [7, 11) is 0. The zero-order chi connectivity index (χ0) is 13.1. The summed E-state index contributed by atoms with van der Waals surface area (Å²) in [6.45, 7) is 3.91. The number of nitrogens with one attached hydrogen (secondary N) is 1. The number of nitrogens with zero attached hydrogens (tertiary/aromatic N) is 1. The van der Waals surface area contributed by atoms with Crippen LogP contribution in [0.4, 0.5) is 0 Å². The molecule has 0 aliphatic heterocycles. The van der Waals surface area contributed by atoms with E-state index in [0.29, 0.717) is 28.8 Å². The van der Waals surface area contributed by atoms with Crippen LogP contribution in [-0.2, 0) is 6.54 Å². The van der Waals surface area contributed by atoms with Gasteiger partial charge in [-0.1, -0.05) is 23.7 Å². The van der Waals surface area contributed by atoms with Crippen LogP contribution >= 0.6 is 11.6 Å². The van der Waals surface area contributed by atoms with Crippen molar-refractivity contribution in [2.45, 2.75) is 20.4 Å². The Balaban J connectivity index is 2.05. The molecule has 2 aromatic rings. The van der Waals surface area contributed by atoms with Gasteiger partial charge in [0.2, 0.25) is 0 Å². The van der Waals surface area contributed by atoms with Crippen molar-refractivity contribution in [3.05, 3.63) is 52.2 Å². The molecule has 2 rings (SSSR count). The highest BCUT2D eigenvalue weighted by atomic mass is 35.5. The van der Waals surface area contributed by atoms with Crippen molar-refractivity contribution in [3.63, 3.8) is 0 Å². The van der Waals surface area contributed by atoms with Crippen molar-refractivity contribution in [3.8, 4) is 0 Å². The minimum Gasteiger partial charge on any atom is -0.444 e. The highest BCUT2D eigenvalue weighted by molar-refractivity contribution is 6.33. The van der Waals surface area contributed by atoms with Crippen LogP contribution in [0.3, 0.4) is 0 Å². The molecule has 4 nitrogen and oxygen atoms in total. The smallest absolute Gasteiger partial charge is 0.253 e. The Kier molecular flexibility index (Phi) is 3.67. The molecule has 0 fully saturated rings. The van der Waals surface area contributed by atoms with Gasteiger partial charge in [-0.05, 0) is 19.1 Å². The number of aryl methyl sites for hydroxylation is 2. The number of amides is 1. The maximum atomic E-state index is 11.9. The van der Waals surface area contributed by atoms with Gasteiger partial charge < -0.3 is 9.73 Å². The molecule has 1 amide bonds. The fourth-order valence-electron chi connectivity index (χ4n) is 1.64. The van der Waals surface area contributed by atoms with Crippen molar-refractivity contribution in [2.24, 2.45) is 0 Å². The lowest BCUT2D eigenvalue weighted by molar-refractivity contribution is 0.0948. The molecule has 1 N–H and O–H groups in total. The molecule has 0 saturated heterocycles. The molecule has 94 valence electrons. The second-order valence-corrected chi connectivity index (χ2v) is 4.31. The standard InChI is InChI=1S/C13H13ClN2O2/c1-8-12(18-9(2)16-8)7-15-13(17)10-5-3-4-6-11(10)14/h3-6H,7H2,1-2H3,(H,15,17). The average molecular weight is 265 g/mol. The van der Waals surface area contributed by atoms with E-state index in [4.69, 9.17) is 16.0 Å². The number of carbonyl (C=O) groups excluding carboxylic acids is 1. The molecule has 0 spiro atoms. The summed E-state index contributed by atoms with van der Waals surface area (Å²) in [5.74, 6) is 1.02. The Bertz CT molecular complexity index is 578. The van der Waals surface area contributed by atoms with Gasteiger partial charge in [0.1, 0.15) is 5.76 Å². The normalized spacial score (nSPS) is 10.4. The lowest BCUT2D eigenvalue weighted by Gasteiger charge is -2.05. The van der Waals surface area contributed by atoms with Gasteiger partial charge in [0, 0.05) is 6.92 Å². The summed E-state index contributed by atoms with van der Waals surface area (Å²) in [6, 6.07) is 6.91. The fourth-order valence-corrected chi connectivity index (χ4v) is 1.86. The molecule has 0 aliphatic carbocycles. The Morgan fingerprint density at radius 3 is 2.72 bits per heavy atom. The van der Waals surface area contributed by atoms with Gasteiger partial charge in [-0.15, -0.1) is 0 Å². The molecule has 1 aromatic carbocycles. The summed E-state index contributed by atoms with van der Waals surface area (Å²) in [6.07, 6.45) is 0. The molecule has 0 atom stereocenters. The fraction of sp³-hybridized carbons (Fsp3) is 0.231. The molecule has 18 heavy (non-hydrogen) atoms. The number of hydrogen-bond acceptors (Lipinski definition) is 3. The molecule has 0 saturated carbocycles. The largest absolute Gasteiger partial charge is 0.444 e. The van der Waals surface area contributed by atoms with Crippen molar-refractivity contribution in [1.82, 2.24) is 10.3 Å². The third-order valence-corrected chi connectivity index (χ3v) is 2.86. The summed E-state index contributed by atoms with van der Waals surface area (Å²) >= 11 is 5.94. The Morgan fingerprint density at radius 2 is 2.11 bits per heavy atom. The maximum absolute atomic E-state index is 11.9.